The lowest BCUT2D eigenvalue weighted by Crippen LogP contribution is -2.34. The number of nitro groups is 1. The minimum Gasteiger partial charge on any atom is -0.400 e. The molecule has 0 aromatic rings. The van der Waals surface area contributed by atoms with Crippen LogP contribution in [0.25, 0.3) is 0 Å². The highest BCUT2D eigenvalue weighted by atomic mass is 32.2. The first-order chi connectivity index (χ1) is 8.11. The Labute approximate surface area is 103 Å². The maximum absolute atomic E-state index is 10.8. The molecule has 2 N–H and O–H groups in total. The van der Waals surface area contributed by atoms with Crippen molar-refractivity contribution < 1.29 is 4.92 Å². The first kappa shape index (κ1) is 11.8. The predicted molar refractivity (Wildman–Crippen MR) is 68.1 cm³/mol. The Morgan fingerprint density at radius 3 is 3.12 bits per heavy atom. The molecule has 0 fully saturated rings. The van der Waals surface area contributed by atoms with E-state index in [4.69, 9.17) is 5.73 Å². The van der Waals surface area contributed by atoms with Gasteiger partial charge in [-0.3, -0.25) is 10.1 Å². The van der Waals surface area contributed by atoms with Gasteiger partial charge in [-0.15, -0.1) is 0 Å². The largest absolute Gasteiger partial charge is 0.400 e. The van der Waals surface area contributed by atoms with Gasteiger partial charge in [0, 0.05) is 18.8 Å². The Balaban J connectivity index is 2.29. The molecule has 1 heterocycles. The van der Waals surface area contributed by atoms with Crippen molar-refractivity contribution >= 4 is 11.8 Å². The molecule has 1 unspecified atom stereocenters. The van der Waals surface area contributed by atoms with Gasteiger partial charge in [0.15, 0.2) is 5.03 Å². The van der Waals surface area contributed by atoms with Gasteiger partial charge in [0.05, 0.1) is 11.0 Å². The summed E-state index contributed by atoms with van der Waals surface area (Å²) in [7, 11) is 0. The molecule has 0 saturated heterocycles. The molecule has 0 spiro atoms. The molecular formula is C11H13N3O2S. The summed E-state index contributed by atoms with van der Waals surface area (Å²) in [6, 6.07) is -0.0175. The second-order valence-electron chi connectivity index (χ2n) is 3.80. The smallest absolute Gasteiger partial charge is 0.273 e. The van der Waals surface area contributed by atoms with Crippen LogP contribution in [0, 0.1) is 10.1 Å². The summed E-state index contributed by atoms with van der Waals surface area (Å²) in [5.41, 5.74) is 6.81. The number of allylic oxidation sites excluding steroid dienone is 3. The molecule has 1 aliphatic carbocycles. The molecule has 0 aromatic heterocycles. The van der Waals surface area contributed by atoms with Crippen molar-refractivity contribution in [2.45, 2.75) is 19.4 Å². The van der Waals surface area contributed by atoms with Gasteiger partial charge in [-0.05, 0) is 17.9 Å². The van der Waals surface area contributed by atoms with Gasteiger partial charge in [0.25, 0.3) is 5.70 Å². The molecule has 17 heavy (non-hydrogen) atoms. The molecule has 0 saturated carbocycles. The van der Waals surface area contributed by atoms with Gasteiger partial charge in [0.2, 0.25) is 0 Å². The Bertz CT molecular complexity index is 465. The lowest BCUT2D eigenvalue weighted by molar-refractivity contribution is -0.425. The highest BCUT2D eigenvalue weighted by molar-refractivity contribution is 8.06. The molecule has 1 atom stereocenters. The summed E-state index contributed by atoms with van der Waals surface area (Å²) in [5, 5.41) is 13.3. The molecule has 2 aliphatic rings. The number of rotatable bonds is 2. The third-order valence-corrected chi connectivity index (χ3v) is 3.71. The van der Waals surface area contributed by atoms with Crippen LogP contribution in [-0.2, 0) is 0 Å². The minimum atomic E-state index is -0.360. The summed E-state index contributed by atoms with van der Waals surface area (Å²) in [4.78, 5) is 12.3. The Kier molecular flexibility index (Phi) is 3.23. The normalized spacial score (nSPS) is 26.1. The molecule has 1 aliphatic heterocycles. The molecule has 0 radical (unpaired) electrons. The highest BCUT2D eigenvalue weighted by Gasteiger charge is 2.29. The van der Waals surface area contributed by atoms with Crippen molar-refractivity contribution in [2.24, 2.45) is 5.73 Å². The van der Waals surface area contributed by atoms with E-state index >= 15 is 0 Å². The fraction of sp³-hybridized carbons (Fsp3) is 0.273. The van der Waals surface area contributed by atoms with E-state index in [2.05, 4.69) is 0 Å². The van der Waals surface area contributed by atoms with Crippen LogP contribution in [0.3, 0.4) is 0 Å². The second kappa shape index (κ2) is 4.67. The van der Waals surface area contributed by atoms with Crippen molar-refractivity contribution in [2.75, 3.05) is 0 Å². The summed E-state index contributed by atoms with van der Waals surface area (Å²) in [6.07, 6.45) is 8.36. The van der Waals surface area contributed by atoms with E-state index in [0.717, 1.165) is 12.1 Å². The van der Waals surface area contributed by atoms with Gasteiger partial charge in [-0.25, -0.2) is 0 Å². The van der Waals surface area contributed by atoms with Gasteiger partial charge >= 0.3 is 0 Å². The van der Waals surface area contributed by atoms with Gasteiger partial charge in [0.1, 0.15) is 0 Å². The van der Waals surface area contributed by atoms with E-state index in [0.29, 0.717) is 5.03 Å². The minimum absolute atomic E-state index is 0.0175. The molecule has 0 bridgehead atoms. The van der Waals surface area contributed by atoms with Crippen LogP contribution in [0.5, 0.6) is 0 Å². The van der Waals surface area contributed by atoms with Crippen molar-refractivity contribution in [1.29, 1.82) is 0 Å². The molecular weight excluding hydrogens is 238 g/mol. The average molecular weight is 251 g/mol. The first-order valence-corrected chi connectivity index (χ1v) is 6.08. The van der Waals surface area contributed by atoms with Crippen molar-refractivity contribution in [1.82, 2.24) is 4.90 Å². The first-order valence-electron chi connectivity index (χ1n) is 5.20. The number of hydrogen-bond donors (Lipinski definition) is 1. The Morgan fingerprint density at radius 2 is 2.47 bits per heavy atom. The summed E-state index contributed by atoms with van der Waals surface area (Å²) in [5.74, 6) is 0. The number of hydrogen-bond acceptors (Lipinski definition) is 5. The lowest BCUT2D eigenvalue weighted by Gasteiger charge is -2.29. The molecule has 2 rings (SSSR count). The number of thioether (sulfide) groups is 1. The van der Waals surface area contributed by atoms with Crippen LogP contribution < -0.4 is 5.73 Å². The van der Waals surface area contributed by atoms with Gasteiger partial charge in [-0.1, -0.05) is 23.9 Å². The van der Waals surface area contributed by atoms with E-state index in [-0.39, 0.29) is 16.7 Å². The van der Waals surface area contributed by atoms with E-state index in [1.165, 1.54) is 18.7 Å². The van der Waals surface area contributed by atoms with Crippen LogP contribution in [0.4, 0.5) is 0 Å². The molecule has 0 aromatic carbocycles. The monoisotopic (exact) mass is 251 g/mol. The van der Waals surface area contributed by atoms with E-state index in [1.807, 2.05) is 34.7 Å². The van der Waals surface area contributed by atoms with Crippen LogP contribution in [0.1, 0.15) is 13.3 Å². The van der Waals surface area contributed by atoms with E-state index < -0.39 is 0 Å². The summed E-state index contributed by atoms with van der Waals surface area (Å²) >= 11 is 1.36. The zero-order valence-electron chi connectivity index (χ0n) is 9.37. The fourth-order valence-electron chi connectivity index (χ4n) is 1.79. The molecule has 90 valence electrons. The predicted octanol–water partition coefficient (Wildman–Crippen LogP) is 2.14. The van der Waals surface area contributed by atoms with E-state index in [9.17, 15) is 10.1 Å². The Hall–Kier alpha value is -1.69. The van der Waals surface area contributed by atoms with Crippen LogP contribution in [0.15, 0.2) is 46.3 Å². The maximum Gasteiger partial charge on any atom is 0.273 e. The fourth-order valence-corrected chi connectivity index (χ4v) is 2.67. The molecule has 6 heteroatoms. The van der Waals surface area contributed by atoms with Crippen LogP contribution >= 0.6 is 11.8 Å². The van der Waals surface area contributed by atoms with Gasteiger partial charge < -0.3 is 10.6 Å². The SMILES string of the molecule is C/C(=C1/SC=CN1C1CC=CC=C1N)[N+](=O)[O-]. The third-order valence-electron chi connectivity index (χ3n) is 2.72. The highest BCUT2D eigenvalue weighted by Crippen LogP contribution is 2.36. The quantitative estimate of drug-likeness (QED) is 0.601. The third kappa shape index (κ3) is 2.21. The Morgan fingerprint density at radius 1 is 1.71 bits per heavy atom. The topological polar surface area (TPSA) is 72.4 Å². The zero-order valence-corrected chi connectivity index (χ0v) is 10.2. The molecule has 0 amide bonds. The van der Waals surface area contributed by atoms with Crippen molar-refractivity contribution in [3.05, 3.63) is 56.4 Å². The second-order valence-corrected chi connectivity index (χ2v) is 4.70. The van der Waals surface area contributed by atoms with Gasteiger partial charge in [-0.2, -0.15) is 0 Å². The number of nitrogens with two attached hydrogens (primary N) is 1. The lowest BCUT2D eigenvalue weighted by atomic mass is 10.0. The molecule has 5 nitrogen and oxygen atoms in total. The maximum atomic E-state index is 10.8. The van der Waals surface area contributed by atoms with Crippen LogP contribution in [0.2, 0.25) is 0 Å². The van der Waals surface area contributed by atoms with Crippen LogP contribution in [-0.4, -0.2) is 15.9 Å². The zero-order chi connectivity index (χ0) is 12.4. The summed E-state index contributed by atoms with van der Waals surface area (Å²) < 4.78 is 0. The van der Waals surface area contributed by atoms with Crippen molar-refractivity contribution in [3.8, 4) is 0 Å². The number of nitrogens with zero attached hydrogens (tertiary/aromatic N) is 2. The summed E-state index contributed by atoms with van der Waals surface area (Å²) in [6.45, 7) is 1.51. The van der Waals surface area contributed by atoms with Crippen molar-refractivity contribution in [3.63, 3.8) is 0 Å². The van der Waals surface area contributed by atoms with E-state index in [1.54, 1.807) is 0 Å². The standard InChI is InChI=1S/C11H13N3O2S/c1-8(14(15)16)11-13(6-7-17-11)10-5-3-2-4-9(10)12/h2-4,6-7,10H,5,12H2,1H3/b11-8-. The average Bonchev–Trinajstić information content (AvgIpc) is 2.77.